The number of benzene rings is 2. The Balaban J connectivity index is 0.762. The predicted octanol–water partition coefficient (Wildman–Crippen LogP) is 16.9. The molecule has 101 heavy (non-hydrogen) atoms. The molecule has 0 spiro atoms. The average Bonchev–Trinajstić information content (AvgIpc) is 1.49. The zero-order valence-corrected chi connectivity index (χ0v) is 62.6. The number of ketones is 1. The number of Topliss-reactive ketones (excluding diaryl/α,β-unsaturated/α-hetero) is 1. The van der Waals surface area contributed by atoms with E-state index in [1.807, 2.05) is 30.0 Å². The molecule has 1 saturated heterocycles. The minimum absolute atomic E-state index is 0.00480. The molecule has 4 amide bonds. The van der Waals surface area contributed by atoms with Crippen molar-refractivity contribution < 1.29 is 33.1 Å². The van der Waals surface area contributed by atoms with Crippen LogP contribution < -0.4 is 31.9 Å². The molecule has 0 radical (unpaired) electrons. The molecule has 6 saturated carbocycles. The minimum Gasteiger partial charge on any atom is -0.379 e. The molecule has 1 aliphatic heterocycles. The highest BCUT2D eigenvalue weighted by Crippen LogP contribution is 2.49. The fourth-order valence-electron chi connectivity index (χ4n) is 16.9. The van der Waals surface area contributed by atoms with Crippen LogP contribution in [0.4, 0.5) is 4.39 Å². The molecule has 3 aromatic rings. The molecule has 4 atom stereocenters. The van der Waals surface area contributed by atoms with Gasteiger partial charge in [-0.15, -0.1) is 0 Å². The SMILES string of the molecule is C=C1N(CCCCCC(=O)NCC(NCC(=O)N[C@@H](Cc2ccccc2)C(NCC(=O)NCOC(C(N[C@H]2CCc3c(C)c(F)cc4nc(/C(C)=C/C(=C(/CC5CCC5)C(C)=O)[C@@H](CC)C(C)=C5CCC5)c(CCCC)c2c34)=C2CCC2)C2CC2)=C2CCC2)=C2CCC2)C(=O)CC1(CC)CC. The molecule has 8 aliphatic rings. The van der Waals surface area contributed by atoms with Crippen LogP contribution in [-0.2, 0) is 48.0 Å². The molecular weight excluding hydrogens is 1260 g/mol. The Morgan fingerprint density at radius 2 is 1.44 bits per heavy atom. The van der Waals surface area contributed by atoms with Gasteiger partial charge >= 0.3 is 0 Å². The summed E-state index contributed by atoms with van der Waals surface area (Å²) in [5.74, 6) is 0.643. The highest BCUT2D eigenvalue weighted by atomic mass is 19.1. The van der Waals surface area contributed by atoms with Crippen molar-refractivity contribution in [3.8, 4) is 0 Å². The second kappa shape index (κ2) is 34.9. The number of aryl methyl sites for hydroxylation is 1. The molecule has 0 bridgehead atoms. The van der Waals surface area contributed by atoms with E-state index < -0.39 is 6.04 Å². The number of ether oxygens (including phenoxy) is 1. The molecule has 2 aromatic carbocycles. The highest BCUT2D eigenvalue weighted by molar-refractivity contribution is 5.96. The number of likely N-dealkylation sites (tertiary alicyclic amines) is 1. The van der Waals surface area contributed by atoms with Crippen molar-refractivity contribution >= 4 is 45.9 Å². The Hall–Kier alpha value is -7.13. The van der Waals surface area contributed by atoms with Gasteiger partial charge in [0.1, 0.15) is 18.7 Å². The molecule has 546 valence electrons. The molecule has 6 N–H and O–H groups in total. The number of allylic oxidation sites excluding steroid dienone is 10. The van der Waals surface area contributed by atoms with E-state index in [9.17, 15) is 24.0 Å². The van der Waals surface area contributed by atoms with Crippen LogP contribution in [0.1, 0.15) is 274 Å². The molecule has 1 aromatic heterocycles. The maximum Gasteiger partial charge on any atom is 0.241 e. The normalized spacial score (nSPS) is 19.8. The number of nitrogens with one attached hydrogen (secondary N) is 6. The predicted molar refractivity (Wildman–Crippen MR) is 404 cm³/mol. The van der Waals surface area contributed by atoms with Gasteiger partial charge in [-0.2, -0.15) is 0 Å². The topological polar surface area (TPSA) is 183 Å². The Kier molecular flexibility index (Phi) is 25.9. The largest absolute Gasteiger partial charge is 0.379 e. The van der Waals surface area contributed by atoms with Crippen molar-refractivity contribution in [3.63, 3.8) is 0 Å². The van der Waals surface area contributed by atoms with Gasteiger partial charge in [-0.3, -0.25) is 24.0 Å². The number of unbranched alkanes of at least 4 members (excludes halogenated alkanes) is 3. The number of hydrogen-bond donors (Lipinski definition) is 6. The van der Waals surface area contributed by atoms with Gasteiger partial charge in [-0.25, -0.2) is 9.37 Å². The average molecular weight is 1380 g/mol. The zero-order valence-electron chi connectivity index (χ0n) is 62.6. The van der Waals surface area contributed by atoms with Crippen LogP contribution >= 0.6 is 0 Å². The number of carbonyl (C=O) groups excluding carboxylic acids is 5. The van der Waals surface area contributed by atoms with Gasteiger partial charge in [-0.1, -0.05) is 114 Å². The molecule has 7 fully saturated rings. The first-order chi connectivity index (χ1) is 48.9. The third kappa shape index (κ3) is 17.9. The first kappa shape index (κ1) is 75.0. The van der Waals surface area contributed by atoms with E-state index >= 15 is 4.39 Å². The molecule has 15 heteroatoms. The number of aromatic nitrogens is 1. The minimum atomic E-state index is -0.419. The standard InChI is InChI=1S/C86H119FN8O6/c1-10-14-38-68-81-72(43-42-67-56(7)71(87)48-73(80(67)81)94-82(68)54(5)45-70(66(11-2)55(6)61-30-22-31-61)69(57(8)96)46-59-28-21-29-59)93-84(64-36-25-37-64)85(65-40-41-65)101-53-91-77(98)51-90-83(63-34-24-35-63)74(47-60-26-17-15-18-27-60)92-78(99)52-88-75(62-32-23-33-62)50-89-76(97)39-19-16-20-44-95-58(9)86(12-3,13-4)49-79(95)100/h15,17-18,26-27,45,48,59,65-66,72,74,85,88,90,93H,9-14,16,19-25,28-44,46-47,49-53H2,1-8H3,(H,89,97)(H,91,98)(H,92,99)/b54-45+,70-69+/t66-,72-,74-,85?/m0/s1. The van der Waals surface area contributed by atoms with Gasteiger partial charge in [0.25, 0.3) is 0 Å². The van der Waals surface area contributed by atoms with Crippen LogP contribution in [0.15, 0.2) is 111 Å². The van der Waals surface area contributed by atoms with E-state index in [1.54, 1.807) is 13.0 Å². The maximum absolute atomic E-state index is 16.3. The van der Waals surface area contributed by atoms with Crippen LogP contribution in [0, 0.1) is 35.9 Å². The summed E-state index contributed by atoms with van der Waals surface area (Å²) in [5.41, 5.74) is 20.5. The summed E-state index contributed by atoms with van der Waals surface area (Å²) in [7, 11) is 0. The molecular formula is C86H119FN8O6. The van der Waals surface area contributed by atoms with Crippen LogP contribution in [0.5, 0.6) is 0 Å². The smallest absolute Gasteiger partial charge is 0.241 e. The Bertz CT molecular complexity index is 3740. The van der Waals surface area contributed by atoms with Gasteiger partial charge in [0.2, 0.25) is 23.6 Å². The Labute approximate surface area is 603 Å². The summed E-state index contributed by atoms with van der Waals surface area (Å²) in [5, 5.41) is 21.9. The van der Waals surface area contributed by atoms with Crippen molar-refractivity contribution in [1.82, 2.24) is 41.8 Å². The lowest BCUT2D eigenvalue weighted by atomic mass is 9.74. The number of rotatable bonds is 38. The van der Waals surface area contributed by atoms with Gasteiger partial charge in [0.15, 0.2) is 5.78 Å². The summed E-state index contributed by atoms with van der Waals surface area (Å²) in [6.45, 7) is 22.3. The fourth-order valence-corrected chi connectivity index (χ4v) is 16.9. The zero-order chi connectivity index (χ0) is 71.3. The number of hydrogen-bond acceptors (Lipinski definition) is 10. The van der Waals surface area contributed by atoms with E-state index in [2.05, 4.69) is 98.2 Å². The van der Waals surface area contributed by atoms with Crippen LogP contribution in [0.3, 0.4) is 0 Å². The summed E-state index contributed by atoms with van der Waals surface area (Å²) in [4.78, 5) is 76.0. The van der Waals surface area contributed by atoms with Gasteiger partial charge in [0.05, 0.1) is 42.9 Å². The number of amides is 4. The van der Waals surface area contributed by atoms with Crippen molar-refractivity contribution in [2.75, 3.05) is 32.9 Å². The lowest BCUT2D eigenvalue weighted by Crippen LogP contribution is -2.48. The van der Waals surface area contributed by atoms with Gasteiger partial charge in [0, 0.05) is 65.0 Å². The van der Waals surface area contributed by atoms with Gasteiger partial charge < -0.3 is 41.5 Å². The van der Waals surface area contributed by atoms with E-state index in [1.165, 1.54) is 51.8 Å². The summed E-state index contributed by atoms with van der Waals surface area (Å²) in [6.07, 6.45) is 31.6. The van der Waals surface area contributed by atoms with Crippen molar-refractivity contribution in [2.45, 2.75) is 279 Å². The maximum atomic E-state index is 16.3. The first-order valence-electron chi connectivity index (χ1n) is 39.5. The van der Waals surface area contributed by atoms with E-state index in [0.717, 1.165) is 229 Å². The van der Waals surface area contributed by atoms with Crippen LogP contribution in [0.2, 0.25) is 0 Å². The third-order valence-corrected chi connectivity index (χ3v) is 24.6. The van der Waals surface area contributed by atoms with E-state index in [4.69, 9.17) is 9.72 Å². The van der Waals surface area contributed by atoms with Crippen molar-refractivity contribution in [3.05, 3.63) is 150 Å². The Morgan fingerprint density at radius 1 is 0.752 bits per heavy atom. The second-order valence-electron chi connectivity index (χ2n) is 31.1. The number of halogens is 1. The lowest BCUT2D eigenvalue weighted by molar-refractivity contribution is -0.127. The third-order valence-electron chi connectivity index (χ3n) is 24.6. The number of nitrogens with zero attached hydrogens (tertiary/aromatic N) is 2. The second-order valence-corrected chi connectivity index (χ2v) is 31.1. The summed E-state index contributed by atoms with van der Waals surface area (Å²) >= 11 is 0. The van der Waals surface area contributed by atoms with Crippen molar-refractivity contribution in [1.29, 1.82) is 0 Å². The molecule has 11 rings (SSSR count). The summed E-state index contributed by atoms with van der Waals surface area (Å²) < 4.78 is 23.3. The first-order valence-corrected chi connectivity index (χ1v) is 39.5. The highest BCUT2D eigenvalue weighted by Gasteiger charge is 2.44. The molecule has 2 heterocycles. The monoisotopic (exact) mass is 1380 g/mol. The van der Waals surface area contributed by atoms with Crippen molar-refractivity contribution in [2.24, 2.45) is 23.2 Å². The number of pyridine rings is 1. The van der Waals surface area contributed by atoms with Crippen LogP contribution in [0.25, 0.3) is 16.5 Å². The van der Waals surface area contributed by atoms with Gasteiger partial charge in [-0.05, 0) is 261 Å². The summed E-state index contributed by atoms with van der Waals surface area (Å²) in [6, 6.07) is 11.3. The van der Waals surface area contributed by atoms with Crippen LogP contribution in [-0.4, -0.2) is 84.4 Å². The Morgan fingerprint density at radius 3 is 2.04 bits per heavy atom. The molecule has 14 nitrogen and oxygen atoms in total. The van der Waals surface area contributed by atoms with E-state index in [-0.39, 0.29) is 78.5 Å². The fraction of sp³-hybridized carbons (Fsp3) is 0.605. The molecule has 1 unspecified atom stereocenters. The van der Waals surface area contributed by atoms with E-state index in [0.29, 0.717) is 61.7 Å². The quantitative estimate of drug-likeness (QED) is 0.0106. The number of carbonyl (C=O) groups is 5. The molecule has 7 aliphatic carbocycles. The lowest BCUT2D eigenvalue weighted by Gasteiger charge is -2.36.